The molecule has 29 heavy (non-hydrogen) atoms. The maximum atomic E-state index is 12.7. The molecule has 2 aromatic carbocycles. The summed E-state index contributed by atoms with van der Waals surface area (Å²) >= 11 is 0. The highest BCUT2D eigenvalue weighted by Gasteiger charge is 2.30. The van der Waals surface area contributed by atoms with E-state index >= 15 is 0 Å². The molecule has 0 saturated carbocycles. The van der Waals surface area contributed by atoms with Crippen LogP contribution in [0.1, 0.15) is 35.6 Å². The summed E-state index contributed by atoms with van der Waals surface area (Å²) in [6.07, 6.45) is 5.02. The molecule has 2 nitrogen and oxygen atoms in total. The molecular formula is C24H20F3NO. The molecule has 0 aliphatic rings. The fourth-order valence-corrected chi connectivity index (χ4v) is 3.04. The zero-order valence-electron chi connectivity index (χ0n) is 15.7. The van der Waals surface area contributed by atoms with Crippen LogP contribution in [0.4, 0.5) is 13.2 Å². The van der Waals surface area contributed by atoms with Gasteiger partial charge in [-0.25, -0.2) is 0 Å². The number of pyridine rings is 1. The van der Waals surface area contributed by atoms with E-state index in [1.165, 1.54) is 12.1 Å². The van der Waals surface area contributed by atoms with Crippen LogP contribution in [-0.4, -0.2) is 4.98 Å². The third-order valence-corrected chi connectivity index (χ3v) is 4.57. The van der Waals surface area contributed by atoms with Crippen LogP contribution in [0, 0.1) is 12.3 Å². The third-order valence-electron chi connectivity index (χ3n) is 4.57. The Labute approximate surface area is 168 Å². The minimum absolute atomic E-state index is 0.250. The lowest BCUT2D eigenvalue weighted by atomic mass is 9.93. The summed E-state index contributed by atoms with van der Waals surface area (Å²) in [7, 11) is 0. The van der Waals surface area contributed by atoms with Crippen LogP contribution in [0.15, 0.2) is 72.9 Å². The van der Waals surface area contributed by atoms with Crippen molar-refractivity contribution in [2.45, 2.75) is 31.4 Å². The average molecular weight is 395 g/mol. The molecule has 1 atom stereocenters. The zero-order chi connectivity index (χ0) is 20.7. The second-order valence-electron chi connectivity index (χ2n) is 6.59. The number of hydrogen-bond acceptors (Lipinski definition) is 2. The first-order chi connectivity index (χ1) is 14.0. The lowest BCUT2D eigenvalue weighted by molar-refractivity contribution is -0.137. The van der Waals surface area contributed by atoms with Gasteiger partial charge >= 0.3 is 6.18 Å². The van der Waals surface area contributed by atoms with Gasteiger partial charge in [0, 0.05) is 12.1 Å². The maximum absolute atomic E-state index is 12.7. The van der Waals surface area contributed by atoms with E-state index < -0.39 is 11.7 Å². The van der Waals surface area contributed by atoms with Crippen LogP contribution >= 0.6 is 0 Å². The molecule has 148 valence electrons. The molecule has 0 amide bonds. The van der Waals surface area contributed by atoms with Gasteiger partial charge in [0.1, 0.15) is 11.5 Å². The molecule has 1 aromatic heterocycles. The highest BCUT2D eigenvalue weighted by atomic mass is 19.4. The summed E-state index contributed by atoms with van der Waals surface area (Å²) in [4.78, 5) is 4.41. The van der Waals surface area contributed by atoms with Crippen molar-refractivity contribution in [3.05, 3.63) is 89.7 Å². The zero-order valence-corrected chi connectivity index (χ0v) is 15.7. The van der Waals surface area contributed by atoms with Gasteiger partial charge in [-0.05, 0) is 61.2 Å². The van der Waals surface area contributed by atoms with E-state index in [2.05, 4.69) is 10.9 Å². The second kappa shape index (κ2) is 9.29. The van der Waals surface area contributed by atoms with Crippen molar-refractivity contribution in [2.75, 3.05) is 0 Å². The lowest BCUT2D eigenvalue weighted by Gasteiger charge is -2.14. The summed E-state index contributed by atoms with van der Waals surface area (Å²) in [6.45, 7) is 0. The smallest absolute Gasteiger partial charge is 0.416 e. The number of aryl methyl sites for hydroxylation is 1. The predicted molar refractivity (Wildman–Crippen MR) is 107 cm³/mol. The maximum Gasteiger partial charge on any atom is 0.416 e. The highest BCUT2D eigenvalue weighted by Crippen LogP contribution is 2.31. The molecule has 1 unspecified atom stereocenters. The van der Waals surface area contributed by atoms with Crippen molar-refractivity contribution in [1.82, 2.24) is 4.98 Å². The molecule has 3 aromatic rings. The van der Waals surface area contributed by atoms with Crippen molar-refractivity contribution in [2.24, 2.45) is 0 Å². The minimum Gasteiger partial charge on any atom is -0.455 e. The van der Waals surface area contributed by atoms with Gasteiger partial charge in [0.05, 0.1) is 11.3 Å². The molecule has 3 rings (SSSR count). The largest absolute Gasteiger partial charge is 0.455 e. The Morgan fingerprint density at radius 2 is 1.69 bits per heavy atom. The number of alkyl halides is 3. The van der Waals surface area contributed by atoms with Crippen LogP contribution in [0.5, 0.6) is 11.5 Å². The van der Waals surface area contributed by atoms with E-state index in [1.807, 2.05) is 42.5 Å². The highest BCUT2D eigenvalue weighted by molar-refractivity contribution is 5.34. The minimum atomic E-state index is -4.35. The summed E-state index contributed by atoms with van der Waals surface area (Å²) in [5, 5.41) is 0. The van der Waals surface area contributed by atoms with Crippen LogP contribution in [0.2, 0.25) is 0 Å². The number of ether oxygens (including phenoxy) is 1. The number of terminal acetylenes is 1. The van der Waals surface area contributed by atoms with Crippen molar-refractivity contribution in [1.29, 1.82) is 0 Å². The van der Waals surface area contributed by atoms with Crippen LogP contribution in [0.3, 0.4) is 0 Å². The summed E-state index contributed by atoms with van der Waals surface area (Å²) in [6, 6.07) is 18.2. The quantitative estimate of drug-likeness (QED) is 0.419. The normalized spacial score (nSPS) is 12.2. The van der Waals surface area contributed by atoms with E-state index in [1.54, 1.807) is 6.20 Å². The average Bonchev–Trinajstić information content (AvgIpc) is 2.73. The van der Waals surface area contributed by atoms with Crippen molar-refractivity contribution >= 4 is 0 Å². The molecule has 0 radical (unpaired) electrons. The molecule has 0 fully saturated rings. The lowest BCUT2D eigenvalue weighted by Crippen LogP contribution is -2.05. The van der Waals surface area contributed by atoms with Crippen LogP contribution in [-0.2, 0) is 12.6 Å². The Morgan fingerprint density at radius 3 is 2.34 bits per heavy atom. The topological polar surface area (TPSA) is 22.1 Å². The standard InChI is InChI=1S/C24H20F3NO/c1-2-18(19-13-15-20(16-14-19)24(25,26)27)8-6-11-22-23(12-7-17-28-22)29-21-9-4-3-5-10-21/h1,3-5,7,9-10,12-18H,6,8,11H2. The summed E-state index contributed by atoms with van der Waals surface area (Å²) in [5.41, 5.74) is 0.857. The van der Waals surface area contributed by atoms with Gasteiger partial charge in [0.2, 0.25) is 0 Å². The Balaban J connectivity index is 1.62. The van der Waals surface area contributed by atoms with Gasteiger partial charge in [0.25, 0.3) is 0 Å². The molecule has 0 bridgehead atoms. The Kier molecular flexibility index (Phi) is 6.56. The second-order valence-corrected chi connectivity index (χ2v) is 6.59. The Bertz CT molecular complexity index is 960. The molecule has 0 aliphatic carbocycles. The predicted octanol–water partition coefficient (Wildman–Crippen LogP) is 6.63. The number of rotatable bonds is 7. The number of benzene rings is 2. The molecule has 0 saturated heterocycles. The summed E-state index contributed by atoms with van der Waals surface area (Å²) in [5.74, 6) is 3.85. The van der Waals surface area contributed by atoms with Gasteiger partial charge in [-0.15, -0.1) is 6.42 Å². The Morgan fingerprint density at radius 1 is 0.966 bits per heavy atom. The van der Waals surface area contributed by atoms with Crippen molar-refractivity contribution < 1.29 is 17.9 Å². The van der Waals surface area contributed by atoms with E-state index in [-0.39, 0.29) is 5.92 Å². The van der Waals surface area contributed by atoms with Crippen molar-refractivity contribution in [3.63, 3.8) is 0 Å². The monoisotopic (exact) mass is 395 g/mol. The first-order valence-electron chi connectivity index (χ1n) is 9.27. The molecule has 0 spiro atoms. The van der Waals surface area contributed by atoms with E-state index in [9.17, 15) is 13.2 Å². The fraction of sp³-hybridized carbons (Fsp3) is 0.208. The van der Waals surface area contributed by atoms with Gasteiger partial charge in [-0.2, -0.15) is 13.2 Å². The number of halogens is 3. The number of aromatic nitrogens is 1. The third kappa shape index (κ3) is 5.61. The van der Waals surface area contributed by atoms with Crippen molar-refractivity contribution in [3.8, 4) is 23.8 Å². The van der Waals surface area contributed by atoms with E-state index in [4.69, 9.17) is 11.2 Å². The molecule has 5 heteroatoms. The molecule has 1 heterocycles. The van der Waals surface area contributed by atoms with Crippen LogP contribution in [0.25, 0.3) is 0 Å². The molecular weight excluding hydrogens is 375 g/mol. The van der Waals surface area contributed by atoms with Crippen LogP contribution < -0.4 is 4.74 Å². The first-order valence-corrected chi connectivity index (χ1v) is 9.27. The molecule has 0 N–H and O–H groups in total. The van der Waals surface area contributed by atoms with E-state index in [0.29, 0.717) is 24.2 Å². The Hall–Kier alpha value is -3.26. The van der Waals surface area contributed by atoms with Gasteiger partial charge < -0.3 is 4.74 Å². The SMILES string of the molecule is C#CC(CCCc1ncccc1Oc1ccccc1)c1ccc(C(F)(F)F)cc1. The number of nitrogens with zero attached hydrogens (tertiary/aromatic N) is 1. The first kappa shape index (κ1) is 20.5. The number of hydrogen-bond donors (Lipinski definition) is 0. The van der Waals surface area contributed by atoms with Gasteiger partial charge in [0.15, 0.2) is 0 Å². The van der Waals surface area contributed by atoms with Gasteiger partial charge in [-0.1, -0.05) is 36.3 Å². The summed E-state index contributed by atoms with van der Waals surface area (Å²) < 4.78 is 44.1. The van der Waals surface area contributed by atoms with E-state index in [0.717, 1.165) is 30.0 Å². The van der Waals surface area contributed by atoms with Gasteiger partial charge in [-0.3, -0.25) is 4.98 Å². The molecule has 0 aliphatic heterocycles. The fourth-order valence-electron chi connectivity index (χ4n) is 3.04. The number of para-hydroxylation sites is 1.